The molecule has 1 aliphatic carbocycles. The zero-order valence-electron chi connectivity index (χ0n) is 11.0. The molecule has 0 spiro atoms. The molecule has 0 aliphatic heterocycles. The van der Waals surface area contributed by atoms with Crippen molar-refractivity contribution in [3.8, 4) is 0 Å². The van der Waals surface area contributed by atoms with Crippen molar-refractivity contribution in [3.63, 3.8) is 0 Å². The number of hydrogen-bond acceptors (Lipinski definition) is 1. The maximum Gasteiger partial charge on any atom is 0.163 e. The van der Waals surface area contributed by atoms with Gasteiger partial charge in [0, 0.05) is 30.6 Å². The van der Waals surface area contributed by atoms with E-state index in [0.717, 1.165) is 25.5 Å². The molecule has 1 aromatic rings. The van der Waals surface area contributed by atoms with E-state index in [-0.39, 0.29) is 0 Å². The van der Waals surface area contributed by atoms with Crippen LogP contribution >= 0.6 is 11.6 Å². The molecule has 0 atom stereocenters. The molecule has 1 nitrogen and oxygen atoms in total. The largest absolute Gasteiger partial charge is 0.295 e. The van der Waals surface area contributed by atoms with Crippen molar-refractivity contribution >= 4 is 11.6 Å². The maximum atomic E-state index is 13.7. The molecular formula is C15H20ClF2N. The summed E-state index contributed by atoms with van der Waals surface area (Å²) in [7, 11) is 0. The van der Waals surface area contributed by atoms with Crippen molar-refractivity contribution in [2.45, 2.75) is 44.7 Å². The zero-order chi connectivity index (χ0) is 13.7. The van der Waals surface area contributed by atoms with Gasteiger partial charge in [-0.15, -0.1) is 11.6 Å². The van der Waals surface area contributed by atoms with Crippen LogP contribution in [0.5, 0.6) is 0 Å². The monoisotopic (exact) mass is 287 g/mol. The third-order valence-corrected chi connectivity index (χ3v) is 4.04. The number of benzene rings is 1. The van der Waals surface area contributed by atoms with Gasteiger partial charge in [0.25, 0.3) is 0 Å². The SMILES string of the molecule is Fc1cccc(CN(CCCl)C2CCCCC2)c1F. The number of alkyl halides is 1. The van der Waals surface area contributed by atoms with Crippen LogP contribution in [0.15, 0.2) is 18.2 Å². The summed E-state index contributed by atoms with van der Waals surface area (Å²) >= 11 is 5.84. The van der Waals surface area contributed by atoms with E-state index in [9.17, 15) is 8.78 Å². The van der Waals surface area contributed by atoms with Crippen molar-refractivity contribution < 1.29 is 8.78 Å². The molecule has 0 N–H and O–H groups in total. The van der Waals surface area contributed by atoms with Crippen LogP contribution in [0.25, 0.3) is 0 Å². The minimum atomic E-state index is -0.771. The van der Waals surface area contributed by atoms with Crippen LogP contribution < -0.4 is 0 Å². The second-order valence-electron chi connectivity index (χ2n) is 5.16. The van der Waals surface area contributed by atoms with Gasteiger partial charge in [0.1, 0.15) is 0 Å². The highest BCUT2D eigenvalue weighted by atomic mass is 35.5. The van der Waals surface area contributed by atoms with Gasteiger partial charge in [0.2, 0.25) is 0 Å². The quantitative estimate of drug-likeness (QED) is 0.728. The van der Waals surface area contributed by atoms with Crippen LogP contribution in [0.1, 0.15) is 37.7 Å². The fourth-order valence-corrected chi connectivity index (χ4v) is 3.05. The fraction of sp³-hybridized carbons (Fsp3) is 0.600. The molecule has 1 aromatic carbocycles. The van der Waals surface area contributed by atoms with Gasteiger partial charge in [-0.1, -0.05) is 31.4 Å². The number of hydrogen-bond donors (Lipinski definition) is 0. The molecule has 0 amide bonds. The highest BCUT2D eigenvalue weighted by Gasteiger charge is 2.22. The van der Waals surface area contributed by atoms with Crippen molar-refractivity contribution in [1.29, 1.82) is 0 Å². The molecule has 1 saturated carbocycles. The summed E-state index contributed by atoms with van der Waals surface area (Å²) in [5.74, 6) is -0.974. The molecule has 0 saturated heterocycles. The molecule has 0 radical (unpaired) electrons. The molecule has 106 valence electrons. The lowest BCUT2D eigenvalue weighted by molar-refractivity contribution is 0.155. The minimum Gasteiger partial charge on any atom is -0.295 e. The van der Waals surface area contributed by atoms with Gasteiger partial charge in [-0.3, -0.25) is 4.90 Å². The summed E-state index contributed by atoms with van der Waals surface area (Å²) in [6.07, 6.45) is 5.98. The van der Waals surface area contributed by atoms with Crippen LogP contribution in [0.3, 0.4) is 0 Å². The van der Waals surface area contributed by atoms with E-state index in [4.69, 9.17) is 11.6 Å². The predicted octanol–water partition coefficient (Wildman–Crippen LogP) is 4.34. The Hall–Kier alpha value is -0.670. The average molecular weight is 288 g/mol. The number of rotatable bonds is 5. The lowest BCUT2D eigenvalue weighted by Gasteiger charge is -2.34. The zero-order valence-corrected chi connectivity index (χ0v) is 11.8. The molecule has 0 aromatic heterocycles. The summed E-state index contributed by atoms with van der Waals surface area (Å²) < 4.78 is 27.0. The Kier molecular flexibility index (Phi) is 5.59. The van der Waals surface area contributed by atoms with Crippen LogP contribution in [0.2, 0.25) is 0 Å². The first-order chi connectivity index (χ1) is 9.22. The Balaban J connectivity index is 2.08. The second kappa shape index (κ2) is 7.20. The van der Waals surface area contributed by atoms with E-state index in [1.54, 1.807) is 12.1 Å². The molecule has 0 heterocycles. The predicted molar refractivity (Wildman–Crippen MR) is 74.4 cm³/mol. The summed E-state index contributed by atoms with van der Waals surface area (Å²) in [4.78, 5) is 2.20. The van der Waals surface area contributed by atoms with Crippen LogP contribution in [-0.4, -0.2) is 23.4 Å². The normalized spacial score (nSPS) is 17.1. The van der Waals surface area contributed by atoms with E-state index >= 15 is 0 Å². The molecule has 0 unspecified atom stereocenters. The van der Waals surface area contributed by atoms with Gasteiger partial charge in [0.05, 0.1) is 0 Å². The molecule has 4 heteroatoms. The Morgan fingerprint density at radius 1 is 1.16 bits per heavy atom. The Morgan fingerprint density at radius 3 is 2.58 bits per heavy atom. The van der Waals surface area contributed by atoms with Crippen LogP contribution in [-0.2, 0) is 6.54 Å². The summed E-state index contributed by atoms with van der Waals surface area (Å²) in [6, 6.07) is 4.83. The number of halogens is 3. The number of nitrogens with zero attached hydrogens (tertiary/aromatic N) is 1. The lowest BCUT2D eigenvalue weighted by Crippen LogP contribution is -2.37. The molecular weight excluding hydrogens is 268 g/mol. The molecule has 0 bridgehead atoms. The van der Waals surface area contributed by atoms with Crippen molar-refractivity contribution in [2.24, 2.45) is 0 Å². The maximum absolute atomic E-state index is 13.7. The summed E-state index contributed by atoms with van der Waals surface area (Å²) in [5.41, 5.74) is 0.427. The van der Waals surface area contributed by atoms with Gasteiger partial charge in [-0.25, -0.2) is 8.78 Å². The van der Waals surface area contributed by atoms with E-state index in [1.165, 1.54) is 19.3 Å². The van der Waals surface area contributed by atoms with E-state index < -0.39 is 11.6 Å². The highest BCUT2D eigenvalue weighted by Crippen LogP contribution is 2.25. The molecule has 1 fully saturated rings. The fourth-order valence-electron chi connectivity index (χ4n) is 2.83. The van der Waals surface area contributed by atoms with E-state index in [1.807, 2.05) is 0 Å². The third kappa shape index (κ3) is 3.90. The van der Waals surface area contributed by atoms with E-state index in [0.29, 0.717) is 24.0 Å². The molecule has 19 heavy (non-hydrogen) atoms. The molecule has 1 aliphatic rings. The van der Waals surface area contributed by atoms with Gasteiger partial charge >= 0.3 is 0 Å². The van der Waals surface area contributed by atoms with Crippen molar-refractivity contribution in [1.82, 2.24) is 4.90 Å². The van der Waals surface area contributed by atoms with Crippen LogP contribution in [0, 0.1) is 11.6 Å². The Labute approximate surface area is 118 Å². The van der Waals surface area contributed by atoms with Gasteiger partial charge < -0.3 is 0 Å². The van der Waals surface area contributed by atoms with Crippen molar-refractivity contribution in [2.75, 3.05) is 12.4 Å². The minimum absolute atomic E-state index is 0.427. The Bertz CT molecular complexity index is 405. The summed E-state index contributed by atoms with van der Waals surface area (Å²) in [5, 5.41) is 0. The first-order valence-electron chi connectivity index (χ1n) is 6.95. The van der Waals surface area contributed by atoms with Crippen molar-refractivity contribution in [3.05, 3.63) is 35.4 Å². The van der Waals surface area contributed by atoms with E-state index in [2.05, 4.69) is 4.90 Å². The second-order valence-corrected chi connectivity index (χ2v) is 5.54. The Morgan fingerprint density at radius 2 is 1.89 bits per heavy atom. The smallest absolute Gasteiger partial charge is 0.163 e. The van der Waals surface area contributed by atoms with Gasteiger partial charge in [-0.2, -0.15) is 0 Å². The topological polar surface area (TPSA) is 3.24 Å². The van der Waals surface area contributed by atoms with Crippen LogP contribution in [0.4, 0.5) is 8.78 Å². The highest BCUT2D eigenvalue weighted by molar-refractivity contribution is 6.18. The van der Waals surface area contributed by atoms with Gasteiger partial charge in [0.15, 0.2) is 11.6 Å². The van der Waals surface area contributed by atoms with Gasteiger partial charge in [-0.05, 0) is 18.9 Å². The first kappa shape index (κ1) is 14.7. The summed E-state index contributed by atoms with van der Waals surface area (Å²) in [6.45, 7) is 1.17. The standard InChI is InChI=1S/C15H20ClF2N/c16-9-10-19(13-6-2-1-3-7-13)11-12-5-4-8-14(17)15(12)18/h4-5,8,13H,1-3,6-7,9-11H2. The third-order valence-electron chi connectivity index (χ3n) is 3.87. The lowest BCUT2D eigenvalue weighted by atomic mass is 9.94. The average Bonchev–Trinajstić information content (AvgIpc) is 2.44. The molecule has 2 rings (SSSR count). The first-order valence-corrected chi connectivity index (χ1v) is 7.48.